The summed E-state index contributed by atoms with van der Waals surface area (Å²) >= 11 is 8.77. The van der Waals surface area contributed by atoms with Gasteiger partial charge in [0.05, 0.1) is 5.52 Å². The molecule has 1 aromatic heterocycles. The van der Waals surface area contributed by atoms with Crippen LogP contribution in [0, 0.1) is 0 Å². The van der Waals surface area contributed by atoms with Crippen molar-refractivity contribution in [1.29, 1.82) is 0 Å². The van der Waals surface area contributed by atoms with Gasteiger partial charge in [0.15, 0.2) is 0 Å². The number of H-pyrrole nitrogens is 1. The molecular formula is C17H8Br2N2S. The molecular weight excluding hydrogens is 424 g/mol. The monoisotopic (exact) mass is 430 g/mol. The number of aromatic amines is 1. The maximum atomic E-state index is 4.77. The number of benzene rings is 2. The van der Waals surface area contributed by atoms with Gasteiger partial charge in [-0.25, -0.2) is 4.98 Å². The van der Waals surface area contributed by atoms with Crippen molar-refractivity contribution >= 4 is 75.2 Å². The first kappa shape index (κ1) is 13.0. The summed E-state index contributed by atoms with van der Waals surface area (Å²) in [5, 5.41) is 4.80. The number of aromatic nitrogens is 2. The quantitative estimate of drug-likeness (QED) is 0.295. The van der Waals surface area contributed by atoms with E-state index < -0.39 is 0 Å². The molecule has 2 aliphatic heterocycles. The molecule has 0 bridgehead atoms. The standard InChI is InChI=1S/C17H8Br2N2S/c18-8-1-3-10-12-7-13-11-4-2-9(19)6-15(11)21-17(13)22-16(12)20-14(10)5-8/h1-7,20H. The van der Waals surface area contributed by atoms with Crippen molar-refractivity contribution < 1.29 is 0 Å². The Hall–Kier alpha value is -1.43. The lowest BCUT2D eigenvalue weighted by molar-refractivity contribution is 1.51. The van der Waals surface area contributed by atoms with E-state index in [1.165, 1.54) is 26.6 Å². The summed E-state index contributed by atoms with van der Waals surface area (Å²) < 4.78 is 2.15. The van der Waals surface area contributed by atoms with Crippen molar-refractivity contribution in [2.45, 2.75) is 0 Å². The van der Waals surface area contributed by atoms with Crippen LogP contribution in [-0.4, -0.2) is 9.97 Å². The van der Waals surface area contributed by atoms with Crippen LogP contribution < -0.4 is 0 Å². The summed E-state index contributed by atoms with van der Waals surface area (Å²) in [6.07, 6.45) is 0. The fraction of sp³-hybridized carbons (Fsp3) is 0. The van der Waals surface area contributed by atoms with Gasteiger partial charge in [0.25, 0.3) is 0 Å². The molecule has 5 heteroatoms. The second-order valence-electron chi connectivity index (χ2n) is 5.30. The highest BCUT2D eigenvalue weighted by molar-refractivity contribution is 9.10. The third-order valence-electron chi connectivity index (χ3n) is 3.95. The largest absolute Gasteiger partial charge is 0.346 e. The van der Waals surface area contributed by atoms with Crippen molar-refractivity contribution in [1.82, 2.24) is 9.97 Å². The van der Waals surface area contributed by atoms with E-state index in [0.717, 1.165) is 25.0 Å². The maximum absolute atomic E-state index is 4.77. The van der Waals surface area contributed by atoms with Crippen molar-refractivity contribution in [3.05, 3.63) is 51.4 Å². The average molecular weight is 432 g/mol. The highest BCUT2D eigenvalue weighted by atomic mass is 79.9. The molecule has 3 heterocycles. The van der Waals surface area contributed by atoms with Crippen LogP contribution in [0.1, 0.15) is 0 Å². The summed E-state index contributed by atoms with van der Waals surface area (Å²) in [7, 11) is 0. The predicted octanol–water partition coefficient (Wildman–Crippen LogP) is 6.56. The lowest BCUT2D eigenvalue weighted by Gasteiger charge is -1.98. The van der Waals surface area contributed by atoms with Gasteiger partial charge in [0, 0.05) is 36.2 Å². The molecule has 2 nitrogen and oxygen atoms in total. The molecule has 0 saturated heterocycles. The summed E-state index contributed by atoms with van der Waals surface area (Å²) in [5.41, 5.74) is 3.42. The fourth-order valence-electron chi connectivity index (χ4n) is 2.96. The van der Waals surface area contributed by atoms with Crippen LogP contribution in [0.2, 0.25) is 0 Å². The van der Waals surface area contributed by atoms with Gasteiger partial charge in [-0.1, -0.05) is 55.3 Å². The highest BCUT2D eigenvalue weighted by Gasteiger charge is 2.16. The predicted molar refractivity (Wildman–Crippen MR) is 101 cm³/mol. The molecule has 3 aromatic rings. The molecule has 0 atom stereocenters. The Kier molecular flexibility index (Phi) is 2.69. The van der Waals surface area contributed by atoms with Gasteiger partial charge in [-0.2, -0.15) is 0 Å². The van der Waals surface area contributed by atoms with Crippen molar-refractivity contribution in [2.75, 3.05) is 0 Å². The van der Waals surface area contributed by atoms with Crippen LogP contribution >= 0.6 is 43.2 Å². The Morgan fingerprint density at radius 2 is 1.64 bits per heavy atom. The Balaban J connectivity index is 1.96. The van der Waals surface area contributed by atoms with Gasteiger partial charge in [-0.05, 0) is 30.3 Å². The number of hydrogen-bond donors (Lipinski definition) is 1. The molecule has 1 N–H and O–H groups in total. The first-order valence-corrected chi connectivity index (χ1v) is 9.19. The van der Waals surface area contributed by atoms with Gasteiger partial charge in [0.1, 0.15) is 9.84 Å². The third kappa shape index (κ3) is 1.79. The van der Waals surface area contributed by atoms with Crippen LogP contribution in [0.25, 0.3) is 42.6 Å². The Morgan fingerprint density at radius 1 is 0.864 bits per heavy atom. The van der Waals surface area contributed by atoms with Gasteiger partial charge in [-0.3, -0.25) is 0 Å². The van der Waals surface area contributed by atoms with E-state index in [4.69, 9.17) is 4.98 Å². The van der Waals surface area contributed by atoms with Gasteiger partial charge >= 0.3 is 0 Å². The molecule has 2 aliphatic rings. The minimum absolute atomic E-state index is 1.04. The molecule has 0 aliphatic carbocycles. The van der Waals surface area contributed by atoms with Gasteiger partial charge in [0.2, 0.25) is 0 Å². The molecule has 0 fully saturated rings. The van der Waals surface area contributed by atoms with Crippen molar-refractivity contribution in [3.63, 3.8) is 0 Å². The van der Waals surface area contributed by atoms with E-state index in [0.29, 0.717) is 0 Å². The second-order valence-corrected chi connectivity index (χ2v) is 8.13. The zero-order valence-corrected chi connectivity index (χ0v) is 15.1. The SMILES string of the molecule is Brc1ccc2c3cc4c([nH]c5cc(Br)ccc54)sc-3nc2c1. The van der Waals surface area contributed by atoms with Crippen LogP contribution in [0.4, 0.5) is 0 Å². The summed E-state index contributed by atoms with van der Waals surface area (Å²) in [6.45, 7) is 0. The molecule has 0 saturated carbocycles. The molecule has 0 amide bonds. The zero-order chi connectivity index (χ0) is 14.8. The second kappa shape index (κ2) is 4.54. The summed E-state index contributed by atoms with van der Waals surface area (Å²) in [4.78, 5) is 9.45. The average Bonchev–Trinajstić information content (AvgIpc) is 3.00. The number of rotatable bonds is 0. The van der Waals surface area contributed by atoms with E-state index in [9.17, 15) is 0 Å². The third-order valence-corrected chi connectivity index (χ3v) is 5.97. The normalized spacial score (nSPS) is 12.1. The summed E-state index contributed by atoms with van der Waals surface area (Å²) in [5.74, 6) is 0. The first-order chi connectivity index (χ1) is 10.7. The number of nitrogens with one attached hydrogen (secondary N) is 1. The minimum atomic E-state index is 1.04. The van der Waals surface area contributed by atoms with E-state index in [1.807, 2.05) is 0 Å². The number of fused-ring (bicyclic) bond motifs is 6. The minimum Gasteiger partial charge on any atom is -0.346 e. The van der Waals surface area contributed by atoms with E-state index >= 15 is 0 Å². The van der Waals surface area contributed by atoms with Crippen LogP contribution in [0.15, 0.2) is 51.4 Å². The number of halogens is 2. The van der Waals surface area contributed by atoms with Crippen LogP contribution in [-0.2, 0) is 0 Å². The molecule has 0 unspecified atom stereocenters. The van der Waals surface area contributed by atoms with E-state index in [2.05, 4.69) is 79.3 Å². The van der Waals surface area contributed by atoms with Crippen LogP contribution in [0.3, 0.4) is 0 Å². The molecule has 5 rings (SSSR count). The fourth-order valence-corrected chi connectivity index (χ4v) is 4.72. The lowest BCUT2D eigenvalue weighted by atomic mass is 10.1. The molecule has 22 heavy (non-hydrogen) atoms. The number of hydrogen-bond acceptors (Lipinski definition) is 2. The smallest absolute Gasteiger partial charge is 0.126 e. The lowest BCUT2D eigenvalue weighted by Crippen LogP contribution is -1.73. The molecule has 0 radical (unpaired) electrons. The number of nitrogens with zero attached hydrogens (tertiary/aromatic N) is 1. The Morgan fingerprint density at radius 3 is 2.50 bits per heavy atom. The molecule has 0 spiro atoms. The Bertz CT molecular complexity index is 1150. The maximum Gasteiger partial charge on any atom is 0.126 e. The zero-order valence-electron chi connectivity index (χ0n) is 11.2. The Labute approximate surface area is 146 Å². The topological polar surface area (TPSA) is 28.7 Å². The van der Waals surface area contributed by atoms with Crippen molar-refractivity contribution in [2.24, 2.45) is 0 Å². The van der Waals surface area contributed by atoms with Gasteiger partial charge in [-0.15, -0.1) is 0 Å². The van der Waals surface area contributed by atoms with E-state index in [1.54, 1.807) is 11.3 Å². The summed E-state index contributed by atoms with van der Waals surface area (Å²) in [6, 6.07) is 14.9. The van der Waals surface area contributed by atoms with E-state index in [-0.39, 0.29) is 0 Å². The highest BCUT2D eigenvalue weighted by Crippen LogP contribution is 2.41. The van der Waals surface area contributed by atoms with Crippen molar-refractivity contribution in [3.8, 4) is 10.6 Å². The molecule has 106 valence electrons. The first-order valence-electron chi connectivity index (χ1n) is 6.79. The van der Waals surface area contributed by atoms with Crippen LogP contribution in [0.5, 0.6) is 0 Å². The van der Waals surface area contributed by atoms with Gasteiger partial charge < -0.3 is 4.98 Å². The molecule has 2 aromatic carbocycles.